The molecule has 2 N–H and O–H groups in total. The monoisotopic (exact) mass is 329 g/mol. The van der Waals surface area contributed by atoms with Crippen LogP contribution in [0.25, 0.3) is 0 Å². The fourth-order valence-corrected chi connectivity index (χ4v) is 3.25. The average molecular weight is 329 g/mol. The van der Waals surface area contributed by atoms with Crippen molar-refractivity contribution in [3.8, 4) is 5.75 Å². The third-order valence-corrected chi connectivity index (χ3v) is 4.39. The second kappa shape index (κ2) is 7.44. The summed E-state index contributed by atoms with van der Waals surface area (Å²) in [6.07, 6.45) is 3.69. The number of hydrogen-bond donors (Lipinski definition) is 1. The molecule has 2 aromatic rings. The molecule has 1 atom stereocenters. The van der Waals surface area contributed by atoms with Gasteiger partial charge in [-0.1, -0.05) is 12.1 Å². The normalized spacial score (nSPS) is 18.5. The van der Waals surface area contributed by atoms with Crippen LogP contribution in [0, 0.1) is 0 Å². The van der Waals surface area contributed by atoms with Gasteiger partial charge in [0.25, 0.3) is 0 Å². The Morgan fingerprint density at radius 2 is 2.17 bits per heavy atom. The molecule has 7 nitrogen and oxygen atoms in total. The molecule has 1 aliphatic rings. The van der Waals surface area contributed by atoms with Gasteiger partial charge < -0.3 is 10.5 Å². The van der Waals surface area contributed by atoms with E-state index in [0.29, 0.717) is 13.1 Å². The van der Waals surface area contributed by atoms with E-state index in [-0.39, 0.29) is 11.8 Å². The standard InChI is InChI=1S/C17H23N5O2/c1-24-15-6-4-13(5-7-15)9-22-17(19-12-20-22)14-3-2-8-21(10-14)11-16(18)23/h4-7,12,14H,2-3,8-11H2,1H3,(H2,18,23)/t14-/m1/s1. The average Bonchev–Trinajstić information content (AvgIpc) is 3.03. The van der Waals surface area contributed by atoms with E-state index in [0.717, 1.165) is 43.1 Å². The van der Waals surface area contributed by atoms with Gasteiger partial charge in [0.05, 0.1) is 20.2 Å². The predicted octanol–water partition coefficient (Wildman–Crippen LogP) is 1.000. The molecule has 24 heavy (non-hydrogen) atoms. The van der Waals surface area contributed by atoms with Crippen molar-refractivity contribution < 1.29 is 9.53 Å². The van der Waals surface area contributed by atoms with Crippen LogP contribution in [-0.2, 0) is 11.3 Å². The van der Waals surface area contributed by atoms with E-state index < -0.39 is 0 Å². The minimum atomic E-state index is -0.282. The summed E-state index contributed by atoms with van der Waals surface area (Å²) in [6, 6.07) is 7.96. The fraction of sp³-hybridized carbons (Fsp3) is 0.471. The van der Waals surface area contributed by atoms with Crippen LogP contribution in [0.5, 0.6) is 5.75 Å². The molecule has 0 aliphatic carbocycles. The van der Waals surface area contributed by atoms with Crippen LogP contribution in [0.4, 0.5) is 0 Å². The number of carbonyl (C=O) groups is 1. The van der Waals surface area contributed by atoms with Crippen molar-refractivity contribution in [1.82, 2.24) is 19.7 Å². The Labute approximate surface area is 141 Å². The van der Waals surface area contributed by atoms with E-state index in [9.17, 15) is 4.79 Å². The summed E-state index contributed by atoms with van der Waals surface area (Å²) in [7, 11) is 1.66. The Kier molecular flexibility index (Phi) is 5.10. The van der Waals surface area contributed by atoms with E-state index in [2.05, 4.69) is 15.0 Å². The van der Waals surface area contributed by atoms with Crippen LogP contribution in [0.2, 0.25) is 0 Å². The maximum absolute atomic E-state index is 11.2. The third-order valence-electron chi connectivity index (χ3n) is 4.39. The lowest BCUT2D eigenvalue weighted by Crippen LogP contribution is -2.40. The maximum atomic E-state index is 11.2. The molecule has 0 unspecified atom stereocenters. The quantitative estimate of drug-likeness (QED) is 0.854. The number of methoxy groups -OCH3 is 1. The van der Waals surface area contributed by atoms with Gasteiger partial charge in [0.2, 0.25) is 5.91 Å². The lowest BCUT2D eigenvalue weighted by molar-refractivity contribution is -0.119. The van der Waals surface area contributed by atoms with Crippen molar-refractivity contribution in [2.24, 2.45) is 5.73 Å². The van der Waals surface area contributed by atoms with Crippen molar-refractivity contribution in [2.45, 2.75) is 25.3 Å². The van der Waals surface area contributed by atoms with E-state index in [1.54, 1.807) is 13.4 Å². The first-order chi connectivity index (χ1) is 11.7. The summed E-state index contributed by atoms with van der Waals surface area (Å²) < 4.78 is 7.13. The largest absolute Gasteiger partial charge is 0.497 e. The van der Waals surface area contributed by atoms with E-state index >= 15 is 0 Å². The second-order valence-corrected chi connectivity index (χ2v) is 6.16. The van der Waals surface area contributed by atoms with Gasteiger partial charge in [-0.2, -0.15) is 5.10 Å². The number of carbonyl (C=O) groups excluding carboxylic acids is 1. The molecule has 2 heterocycles. The number of rotatable bonds is 6. The summed E-state index contributed by atoms with van der Waals surface area (Å²) in [5.41, 5.74) is 6.46. The number of hydrogen-bond acceptors (Lipinski definition) is 5. The highest BCUT2D eigenvalue weighted by molar-refractivity contribution is 5.75. The predicted molar refractivity (Wildman–Crippen MR) is 89.7 cm³/mol. The van der Waals surface area contributed by atoms with E-state index in [1.807, 2.05) is 28.9 Å². The highest BCUT2D eigenvalue weighted by Crippen LogP contribution is 2.25. The van der Waals surface area contributed by atoms with Gasteiger partial charge in [-0.15, -0.1) is 0 Å². The van der Waals surface area contributed by atoms with Gasteiger partial charge in [0.1, 0.15) is 17.9 Å². The molecule has 128 valence electrons. The Morgan fingerprint density at radius 1 is 1.38 bits per heavy atom. The van der Waals surface area contributed by atoms with Gasteiger partial charge in [-0.05, 0) is 37.1 Å². The maximum Gasteiger partial charge on any atom is 0.231 e. The molecule has 0 spiro atoms. The van der Waals surface area contributed by atoms with Gasteiger partial charge in [0, 0.05) is 12.5 Å². The van der Waals surface area contributed by atoms with Crippen molar-refractivity contribution in [1.29, 1.82) is 0 Å². The number of aromatic nitrogens is 3. The highest BCUT2D eigenvalue weighted by Gasteiger charge is 2.25. The van der Waals surface area contributed by atoms with Crippen LogP contribution in [-0.4, -0.2) is 52.3 Å². The molecule has 1 aromatic heterocycles. The van der Waals surface area contributed by atoms with Crippen molar-refractivity contribution in [3.63, 3.8) is 0 Å². The van der Waals surface area contributed by atoms with Gasteiger partial charge in [-0.25, -0.2) is 9.67 Å². The Hall–Kier alpha value is -2.41. The van der Waals surface area contributed by atoms with E-state index in [4.69, 9.17) is 10.5 Å². The molecule has 1 aromatic carbocycles. The van der Waals surface area contributed by atoms with Crippen molar-refractivity contribution in [2.75, 3.05) is 26.7 Å². The molecule has 3 rings (SSSR count). The van der Waals surface area contributed by atoms with Gasteiger partial charge in [0.15, 0.2) is 0 Å². The van der Waals surface area contributed by atoms with Crippen LogP contribution in [0.15, 0.2) is 30.6 Å². The smallest absolute Gasteiger partial charge is 0.231 e. The summed E-state index contributed by atoms with van der Waals surface area (Å²) in [4.78, 5) is 17.7. The van der Waals surface area contributed by atoms with Crippen LogP contribution < -0.4 is 10.5 Å². The number of nitrogens with zero attached hydrogens (tertiary/aromatic N) is 4. The molecule has 7 heteroatoms. The lowest BCUT2D eigenvalue weighted by atomic mass is 9.97. The summed E-state index contributed by atoms with van der Waals surface area (Å²) >= 11 is 0. The number of piperidine rings is 1. The first-order valence-electron chi connectivity index (χ1n) is 8.17. The molecule has 0 bridgehead atoms. The first kappa shape index (κ1) is 16.4. The number of ether oxygens (including phenoxy) is 1. The van der Waals surface area contributed by atoms with Crippen LogP contribution in [0.3, 0.4) is 0 Å². The molecule has 0 radical (unpaired) electrons. The highest BCUT2D eigenvalue weighted by atomic mass is 16.5. The first-order valence-corrected chi connectivity index (χ1v) is 8.17. The minimum Gasteiger partial charge on any atom is -0.497 e. The van der Waals surface area contributed by atoms with Crippen molar-refractivity contribution in [3.05, 3.63) is 42.0 Å². The Bertz CT molecular complexity index is 683. The number of benzene rings is 1. The zero-order valence-corrected chi connectivity index (χ0v) is 13.9. The summed E-state index contributed by atoms with van der Waals surface area (Å²) in [5, 5.41) is 4.38. The van der Waals surface area contributed by atoms with Crippen LogP contribution in [0.1, 0.15) is 30.1 Å². The summed E-state index contributed by atoms with van der Waals surface area (Å²) in [5.74, 6) is 1.81. The number of amides is 1. The van der Waals surface area contributed by atoms with Crippen LogP contribution >= 0.6 is 0 Å². The van der Waals surface area contributed by atoms with Gasteiger partial charge >= 0.3 is 0 Å². The zero-order valence-electron chi connectivity index (χ0n) is 13.9. The Balaban J connectivity index is 1.71. The van der Waals surface area contributed by atoms with E-state index in [1.165, 1.54) is 0 Å². The topological polar surface area (TPSA) is 86.3 Å². The molecule has 1 aliphatic heterocycles. The number of nitrogens with two attached hydrogens (primary N) is 1. The molecule has 1 amide bonds. The Morgan fingerprint density at radius 3 is 2.88 bits per heavy atom. The minimum absolute atomic E-state index is 0.277. The zero-order chi connectivity index (χ0) is 16.9. The molecular weight excluding hydrogens is 306 g/mol. The number of likely N-dealkylation sites (tertiary alicyclic amines) is 1. The fourth-order valence-electron chi connectivity index (χ4n) is 3.25. The van der Waals surface area contributed by atoms with Gasteiger partial charge in [-0.3, -0.25) is 9.69 Å². The molecule has 0 saturated carbocycles. The SMILES string of the molecule is COc1ccc(Cn2ncnc2[C@@H]2CCCN(CC(N)=O)C2)cc1. The molecular formula is C17H23N5O2. The van der Waals surface area contributed by atoms with Crippen molar-refractivity contribution >= 4 is 5.91 Å². The molecule has 1 saturated heterocycles. The third kappa shape index (κ3) is 3.91. The molecule has 1 fully saturated rings. The summed E-state index contributed by atoms with van der Waals surface area (Å²) in [6.45, 7) is 2.69. The number of primary amides is 1. The second-order valence-electron chi connectivity index (χ2n) is 6.16. The lowest BCUT2D eigenvalue weighted by Gasteiger charge is -2.31.